The summed E-state index contributed by atoms with van der Waals surface area (Å²) in [6.45, 7) is -0.406. The van der Waals surface area contributed by atoms with Gasteiger partial charge in [-0.1, -0.05) is 66.7 Å². The fourth-order valence-electron chi connectivity index (χ4n) is 3.43. The first-order valence-corrected chi connectivity index (χ1v) is 10.4. The zero-order valence-corrected chi connectivity index (χ0v) is 18.2. The smallest absolute Gasteiger partial charge is 0.325 e. The van der Waals surface area contributed by atoms with Crippen LogP contribution in [0.4, 0.5) is 10.1 Å². The fraction of sp³-hybridized carbons (Fsp3) is 0.0769. The molecule has 0 aliphatic rings. The molecular weight excluding hydrogens is 437 g/mol. The van der Waals surface area contributed by atoms with Crippen LogP contribution in [0.1, 0.15) is 10.4 Å². The Morgan fingerprint density at radius 1 is 0.941 bits per heavy atom. The highest BCUT2D eigenvalue weighted by Gasteiger charge is 2.19. The highest BCUT2D eigenvalue weighted by Crippen LogP contribution is 2.22. The van der Waals surface area contributed by atoms with Crippen molar-refractivity contribution in [2.75, 3.05) is 12.4 Å². The molecule has 0 bridgehead atoms. The van der Waals surface area contributed by atoms with Crippen LogP contribution in [0, 0.1) is 5.82 Å². The van der Waals surface area contributed by atoms with E-state index in [0.717, 1.165) is 10.1 Å². The van der Waals surface area contributed by atoms with Crippen LogP contribution < -0.4 is 10.9 Å². The molecule has 34 heavy (non-hydrogen) atoms. The van der Waals surface area contributed by atoms with E-state index in [-0.39, 0.29) is 17.1 Å². The molecule has 1 aromatic heterocycles. The summed E-state index contributed by atoms with van der Waals surface area (Å²) in [7, 11) is 1.20. The van der Waals surface area contributed by atoms with E-state index in [1.807, 2.05) is 30.3 Å². The van der Waals surface area contributed by atoms with Gasteiger partial charge in [-0.2, -0.15) is 0 Å². The standard InChI is InChI=1S/C26H20FN3O4/c1-34-23(31)16-30-24(18-10-6-3-7-11-18)28-15-22(26(30)33)29-25(32)20-13-12-19(14-21(20)27)17-8-4-2-5-9-17/h2-15H,16H2,1H3,(H,29,32). The number of carbonyl (C=O) groups excluding carboxylic acids is 2. The maximum atomic E-state index is 14.8. The Balaban J connectivity index is 1.66. The van der Waals surface area contributed by atoms with Crippen molar-refractivity contribution in [3.05, 3.63) is 107 Å². The third-order valence-corrected chi connectivity index (χ3v) is 5.16. The van der Waals surface area contributed by atoms with Crippen molar-refractivity contribution in [2.45, 2.75) is 6.54 Å². The Morgan fingerprint density at radius 3 is 2.21 bits per heavy atom. The number of rotatable bonds is 6. The van der Waals surface area contributed by atoms with Gasteiger partial charge in [0.1, 0.15) is 23.9 Å². The molecule has 0 aliphatic heterocycles. The van der Waals surface area contributed by atoms with Crippen LogP contribution in [-0.2, 0) is 16.1 Å². The number of halogens is 1. The summed E-state index contributed by atoms with van der Waals surface area (Å²) < 4.78 is 20.5. The lowest BCUT2D eigenvalue weighted by Gasteiger charge is -2.14. The second-order valence-electron chi connectivity index (χ2n) is 7.34. The van der Waals surface area contributed by atoms with Crippen molar-refractivity contribution in [1.29, 1.82) is 0 Å². The quantitative estimate of drug-likeness (QED) is 0.440. The summed E-state index contributed by atoms with van der Waals surface area (Å²) in [5.41, 5.74) is 0.924. The molecule has 0 unspecified atom stereocenters. The van der Waals surface area contributed by atoms with Gasteiger partial charge in [-0.25, -0.2) is 9.37 Å². The molecule has 0 radical (unpaired) electrons. The summed E-state index contributed by atoms with van der Waals surface area (Å²) in [5, 5.41) is 2.41. The van der Waals surface area contributed by atoms with Gasteiger partial charge in [-0.15, -0.1) is 0 Å². The third-order valence-electron chi connectivity index (χ3n) is 5.16. The summed E-state index contributed by atoms with van der Waals surface area (Å²) in [4.78, 5) is 42.1. The van der Waals surface area contributed by atoms with Gasteiger partial charge in [0.2, 0.25) is 0 Å². The normalized spacial score (nSPS) is 10.5. The first-order chi connectivity index (χ1) is 16.5. The molecule has 3 aromatic carbocycles. The number of nitrogens with one attached hydrogen (secondary N) is 1. The number of amides is 1. The van der Waals surface area contributed by atoms with Crippen molar-refractivity contribution >= 4 is 17.6 Å². The minimum Gasteiger partial charge on any atom is -0.468 e. The predicted octanol–water partition coefficient (Wildman–Crippen LogP) is 4.14. The highest BCUT2D eigenvalue weighted by molar-refractivity contribution is 6.04. The molecule has 7 nitrogen and oxygen atoms in total. The number of benzene rings is 3. The SMILES string of the molecule is COC(=O)Cn1c(-c2ccccc2)ncc(NC(=O)c2ccc(-c3ccccc3)cc2F)c1=O. The maximum absolute atomic E-state index is 14.8. The van der Waals surface area contributed by atoms with Gasteiger partial charge >= 0.3 is 5.97 Å². The van der Waals surface area contributed by atoms with E-state index in [4.69, 9.17) is 4.74 Å². The van der Waals surface area contributed by atoms with E-state index in [1.165, 1.54) is 25.4 Å². The third kappa shape index (κ3) is 4.75. The average molecular weight is 457 g/mol. The van der Waals surface area contributed by atoms with Crippen LogP contribution in [0.2, 0.25) is 0 Å². The second-order valence-corrected chi connectivity index (χ2v) is 7.34. The number of nitrogens with zero attached hydrogens (tertiary/aromatic N) is 2. The molecular formula is C26H20FN3O4. The highest BCUT2D eigenvalue weighted by atomic mass is 19.1. The van der Waals surface area contributed by atoms with E-state index in [2.05, 4.69) is 10.3 Å². The lowest BCUT2D eigenvalue weighted by atomic mass is 10.0. The largest absolute Gasteiger partial charge is 0.468 e. The monoisotopic (exact) mass is 457 g/mol. The molecule has 0 saturated heterocycles. The Morgan fingerprint density at radius 2 is 1.59 bits per heavy atom. The zero-order valence-electron chi connectivity index (χ0n) is 18.2. The van der Waals surface area contributed by atoms with Gasteiger partial charge < -0.3 is 10.1 Å². The lowest BCUT2D eigenvalue weighted by Crippen LogP contribution is -2.31. The number of hydrogen-bond acceptors (Lipinski definition) is 5. The Hall–Kier alpha value is -4.59. The summed E-state index contributed by atoms with van der Waals surface area (Å²) in [6, 6.07) is 22.2. The molecule has 0 aliphatic carbocycles. The number of methoxy groups -OCH3 is 1. The lowest BCUT2D eigenvalue weighted by molar-refractivity contribution is -0.141. The number of aromatic nitrogens is 2. The van der Waals surface area contributed by atoms with E-state index >= 15 is 0 Å². The van der Waals surface area contributed by atoms with E-state index in [1.54, 1.807) is 36.4 Å². The molecule has 0 saturated carbocycles. The van der Waals surface area contributed by atoms with Gasteiger partial charge in [-0.3, -0.25) is 19.0 Å². The first-order valence-electron chi connectivity index (χ1n) is 10.4. The Labute approximate surface area is 194 Å². The molecule has 1 amide bonds. The average Bonchev–Trinajstić information content (AvgIpc) is 2.87. The predicted molar refractivity (Wildman–Crippen MR) is 126 cm³/mol. The van der Waals surface area contributed by atoms with Gasteiger partial charge in [-0.05, 0) is 23.3 Å². The second kappa shape index (κ2) is 9.91. The molecule has 0 atom stereocenters. The van der Waals surface area contributed by atoms with E-state index in [9.17, 15) is 18.8 Å². The number of hydrogen-bond donors (Lipinski definition) is 1. The van der Waals surface area contributed by atoms with Crippen LogP contribution in [0.3, 0.4) is 0 Å². The van der Waals surface area contributed by atoms with Crippen molar-refractivity contribution < 1.29 is 18.7 Å². The number of anilines is 1. The van der Waals surface area contributed by atoms with Crippen LogP contribution in [0.25, 0.3) is 22.5 Å². The van der Waals surface area contributed by atoms with Crippen molar-refractivity contribution in [1.82, 2.24) is 9.55 Å². The number of esters is 1. The van der Waals surface area contributed by atoms with Crippen molar-refractivity contribution in [3.63, 3.8) is 0 Å². The number of ether oxygens (including phenoxy) is 1. The van der Waals surface area contributed by atoms with Gasteiger partial charge in [0.25, 0.3) is 11.5 Å². The minimum absolute atomic E-state index is 0.194. The van der Waals surface area contributed by atoms with E-state index in [0.29, 0.717) is 11.1 Å². The van der Waals surface area contributed by atoms with Gasteiger partial charge in [0.05, 0.1) is 18.9 Å². The first kappa shape index (κ1) is 22.6. The zero-order chi connectivity index (χ0) is 24.1. The number of carbonyl (C=O) groups is 2. The summed E-state index contributed by atoms with van der Waals surface area (Å²) in [6.07, 6.45) is 1.19. The molecule has 0 fully saturated rings. The van der Waals surface area contributed by atoms with Crippen molar-refractivity contribution in [3.8, 4) is 22.5 Å². The Kier molecular flexibility index (Phi) is 6.59. The molecule has 0 spiro atoms. The van der Waals surface area contributed by atoms with Crippen LogP contribution in [0.15, 0.2) is 89.9 Å². The molecule has 4 rings (SSSR count). The van der Waals surface area contributed by atoms with Gasteiger partial charge in [0.15, 0.2) is 0 Å². The maximum Gasteiger partial charge on any atom is 0.325 e. The molecule has 4 aromatic rings. The van der Waals surface area contributed by atoms with Crippen molar-refractivity contribution in [2.24, 2.45) is 0 Å². The Bertz CT molecular complexity index is 1400. The van der Waals surface area contributed by atoms with Crippen LogP contribution in [-0.4, -0.2) is 28.5 Å². The minimum atomic E-state index is -0.812. The van der Waals surface area contributed by atoms with Crippen LogP contribution >= 0.6 is 0 Å². The molecule has 8 heteroatoms. The van der Waals surface area contributed by atoms with E-state index < -0.39 is 29.8 Å². The molecule has 170 valence electrons. The fourth-order valence-corrected chi connectivity index (χ4v) is 3.43. The summed E-state index contributed by atoms with van der Waals surface area (Å²) >= 11 is 0. The summed E-state index contributed by atoms with van der Waals surface area (Å²) in [5.74, 6) is -1.98. The molecule has 1 N–H and O–H groups in total. The topological polar surface area (TPSA) is 90.3 Å². The molecule has 1 heterocycles. The van der Waals surface area contributed by atoms with Gasteiger partial charge in [0, 0.05) is 5.56 Å². The van der Waals surface area contributed by atoms with Crippen LogP contribution in [0.5, 0.6) is 0 Å².